The highest BCUT2D eigenvalue weighted by atomic mass is 32.2. The van der Waals surface area contributed by atoms with Gasteiger partial charge < -0.3 is 15.2 Å². The second-order valence-corrected chi connectivity index (χ2v) is 6.47. The van der Waals surface area contributed by atoms with Gasteiger partial charge in [0.2, 0.25) is 11.8 Å². The topological polar surface area (TPSA) is 70.3 Å². The lowest BCUT2D eigenvalue weighted by molar-refractivity contribution is 0.368. The molecule has 6 heteroatoms. The van der Waals surface area contributed by atoms with E-state index in [4.69, 9.17) is 15.2 Å². The second-order valence-electron chi connectivity index (χ2n) is 5.29. The molecule has 1 heterocycles. The van der Waals surface area contributed by atoms with Gasteiger partial charge in [-0.15, -0.1) is 11.8 Å². The third-order valence-corrected chi connectivity index (χ3v) is 4.85. The molecule has 0 radical (unpaired) electrons. The summed E-state index contributed by atoms with van der Waals surface area (Å²) in [5, 5.41) is -0.103. The summed E-state index contributed by atoms with van der Waals surface area (Å²) >= 11 is 1.65. The molecule has 25 heavy (non-hydrogen) atoms. The molecule has 0 spiro atoms. The van der Waals surface area contributed by atoms with Gasteiger partial charge in [-0.05, 0) is 29.8 Å². The monoisotopic (exact) mass is 353 g/mol. The number of methoxy groups -OCH3 is 2. The van der Waals surface area contributed by atoms with Crippen molar-refractivity contribution in [3.63, 3.8) is 0 Å². The van der Waals surface area contributed by atoms with Crippen LogP contribution < -0.4 is 15.2 Å². The predicted molar refractivity (Wildman–Crippen MR) is 100 cm³/mol. The summed E-state index contributed by atoms with van der Waals surface area (Å²) in [4.78, 5) is 10.1. The maximum atomic E-state index is 5.79. The molecule has 0 saturated carbocycles. The second kappa shape index (κ2) is 7.90. The van der Waals surface area contributed by atoms with Crippen LogP contribution in [0.3, 0.4) is 0 Å². The maximum absolute atomic E-state index is 5.79. The molecule has 0 bridgehead atoms. The number of thioether (sulfide) groups is 1. The third kappa shape index (κ3) is 4.22. The molecule has 1 aromatic heterocycles. The molecule has 0 saturated heterocycles. The number of nitrogens with zero attached hydrogens (tertiary/aromatic N) is 2. The number of ether oxygens (including phenoxy) is 2. The number of nitrogens with two attached hydrogens (primary N) is 1. The highest BCUT2D eigenvalue weighted by Crippen LogP contribution is 2.40. The molecule has 2 aromatic carbocycles. The van der Waals surface area contributed by atoms with E-state index in [0.717, 1.165) is 16.1 Å². The zero-order valence-corrected chi connectivity index (χ0v) is 14.9. The van der Waals surface area contributed by atoms with Crippen molar-refractivity contribution in [3.8, 4) is 11.8 Å². The fraction of sp³-hybridized carbons (Fsp3) is 0.158. The highest BCUT2D eigenvalue weighted by Gasteiger charge is 2.21. The van der Waals surface area contributed by atoms with Crippen LogP contribution in [0.1, 0.15) is 16.6 Å². The van der Waals surface area contributed by atoms with Crippen molar-refractivity contribution in [2.24, 2.45) is 0 Å². The minimum atomic E-state index is -0.103. The third-order valence-electron chi connectivity index (χ3n) is 3.59. The van der Waals surface area contributed by atoms with E-state index in [1.165, 1.54) is 0 Å². The highest BCUT2D eigenvalue weighted by molar-refractivity contribution is 7.99. The number of benzene rings is 2. The average molecular weight is 353 g/mol. The maximum Gasteiger partial charge on any atom is 0.220 e. The smallest absolute Gasteiger partial charge is 0.220 e. The zero-order chi connectivity index (χ0) is 17.6. The summed E-state index contributed by atoms with van der Waals surface area (Å²) in [6.45, 7) is 0. The summed E-state index contributed by atoms with van der Waals surface area (Å²) in [5.41, 5.74) is 7.62. The predicted octanol–water partition coefficient (Wildman–Crippen LogP) is 3.96. The number of anilines is 1. The van der Waals surface area contributed by atoms with Crippen molar-refractivity contribution in [2.75, 3.05) is 20.0 Å². The Morgan fingerprint density at radius 2 is 1.48 bits per heavy atom. The molecule has 128 valence electrons. The van der Waals surface area contributed by atoms with Crippen molar-refractivity contribution >= 4 is 17.4 Å². The van der Waals surface area contributed by atoms with Gasteiger partial charge in [-0.3, -0.25) is 0 Å². The Bertz CT molecular complexity index is 804. The average Bonchev–Trinajstić information content (AvgIpc) is 2.67. The molecule has 2 N–H and O–H groups in total. The first kappa shape index (κ1) is 17.1. The van der Waals surface area contributed by atoms with Crippen molar-refractivity contribution in [3.05, 3.63) is 72.1 Å². The van der Waals surface area contributed by atoms with Crippen LogP contribution in [0.25, 0.3) is 0 Å². The van der Waals surface area contributed by atoms with Gasteiger partial charge >= 0.3 is 0 Å². The first-order chi connectivity index (χ1) is 12.2. The van der Waals surface area contributed by atoms with Crippen LogP contribution >= 0.6 is 11.8 Å². The van der Waals surface area contributed by atoms with Gasteiger partial charge in [-0.2, -0.15) is 9.97 Å². The van der Waals surface area contributed by atoms with E-state index in [1.807, 2.05) is 42.5 Å². The molecule has 0 fully saturated rings. The van der Waals surface area contributed by atoms with E-state index in [1.54, 1.807) is 32.0 Å². The van der Waals surface area contributed by atoms with Crippen molar-refractivity contribution < 1.29 is 9.47 Å². The van der Waals surface area contributed by atoms with Gasteiger partial charge in [-0.25, -0.2) is 0 Å². The lowest BCUT2D eigenvalue weighted by Gasteiger charge is -2.17. The largest absolute Gasteiger partial charge is 0.481 e. The number of rotatable bonds is 6. The van der Waals surface area contributed by atoms with Gasteiger partial charge in [-0.1, -0.05) is 30.3 Å². The van der Waals surface area contributed by atoms with Crippen molar-refractivity contribution in [1.29, 1.82) is 0 Å². The summed E-state index contributed by atoms with van der Waals surface area (Å²) < 4.78 is 10.6. The van der Waals surface area contributed by atoms with E-state index in [-0.39, 0.29) is 5.25 Å². The Morgan fingerprint density at radius 1 is 0.880 bits per heavy atom. The molecule has 5 nitrogen and oxygen atoms in total. The van der Waals surface area contributed by atoms with Gasteiger partial charge in [0.1, 0.15) is 0 Å². The van der Waals surface area contributed by atoms with Gasteiger partial charge in [0.15, 0.2) is 5.82 Å². The Balaban J connectivity index is 2.03. The molecule has 1 atom stereocenters. The number of aromatic nitrogens is 2. The Labute approximate surface area is 151 Å². The van der Waals surface area contributed by atoms with Crippen LogP contribution in [0.5, 0.6) is 11.8 Å². The molecule has 3 rings (SSSR count). The van der Waals surface area contributed by atoms with E-state index >= 15 is 0 Å². The molecule has 0 aliphatic carbocycles. The van der Waals surface area contributed by atoms with E-state index in [9.17, 15) is 0 Å². The van der Waals surface area contributed by atoms with Crippen molar-refractivity contribution in [1.82, 2.24) is 9.97 Å². The van der Waals surface area contributed by atoms with Crippen LogP contribution in [0, 0.1) is 0 Å². The Kier molecular flexibility index (Phi) is 5.40. The van der Waals surface area contributed by atoms with Gasteiger partial charge in [0, 0.05) is 10.6 Å². The van der Waals surface area contributed by atoms with Crippen LogP contribution in [-0.2, 0) is 0 Å². The molecule has 0 amide bonds. The first-order valence-electron chi connectivity index (χ1n) is 7.73. The molecular weight excluding hydrogens is 334 g/mol. The fourth-order valence-electron chi connectivity index (χ4n) is 2.33. The standard InChI is InChI=1S/C19H19N3O2S/c1-23-16-12-17(24-2)22-19(21-16)18(13-6-4-3-5-7-13)25-15-10-8-14(20)9-11-15/h3-12,18H,20H2,1-2H3. The van der Waals surface area contributed by atoms with Crippen molar-refractivity contribution in [2.45, 2.75) is 10.1 Å². The van der Waals surface area contributed by atoms with Crippen LogP contribution in [0.4, 0.5) is 5.69 Å². The van der Waals surface area contributed by atoms with Crippen LogP contribution in [-0.4, -0.2) is 24.2 Å². The Morgan fingerprint density at radius 3 is 2.04 bits per heavy atom. The molecule has 0 aliphatic heterocycles. The first-order valence-corrected chi connectivity index (χ1v) is 8.61. The van der Waals surface area contributed by atoms with E-state index < -0.39 is 0 Å². The quantitative estimate of drug-likeness (QED) is 0.534. The SMILES string of the molecule is COc1cc(OC)nc(C(Sc2ccc(N)cc2)c2ccccc2)n1. The minimum absolute atomic E-state index is 0.103. The molecule has 0 aliphatic rings. The van der Waals surface area contributed by atoms with Crippen LogP contribution in [0.15, 0.2) is 65.6 Å². The fourth-order valence-corrected chi connectivity index (χ4v) is 3.40. The summed E-state index contributed by atoms with van der Waals surface area (Å²) in [7, 11) is 3.16. The van der Waals surface area contributed by atoms with Crippen LogP contribution in [0.2, 0.25) is 0 Å². The van der Waals surface area contributed by atoms with Gasteiger partial charge in [0.25, 0.3) is 0 Å². The summed E-state index contributed by atoms with van der Waals surface area (Å²) in [6, 6.07) is 19.5. The molecule has 3 aromatic rings. The zero-order valence-electron chi connectivity index (χ0n) is 14.0. The lowest BCUT2D eigenvalue weighted by atomic mass is 10.1. The summed E-state index contributed by atoms with van der Waals surface area (Å²) in [5.74, 6) is 1.57. The number of hydrogen-bond acceptors (Lipinski definition) is 6. The van der Waals surface area contributed by atoms with E-state index in [2.05, 4.69) is 22.1 Å². The normalized spacial score (nSPS) is 11.8. The molecular formula is C19H19N3O2S. The lowest BCUT2D eigenvalue weighted by Crippen LogP contribution is -2.06. The van der Waals surface area contributed by atoms with Gasteiger partial charge in [0.05, 0.1) is 25.5 Å². The molecule has 1 unspecified atom stereocenters. The summed E-state index contributed by atoms with van der Waals surface area (Å²) in [6.07, 6.45) is 0. The van der Waals surface area contributed by atoms with E-state index in [0.29, 0.717) is 17.6 Å². The number of hydrogen-bond donors (Lipinski definition) is 1. The Hall–Kier alpha value is -2.73. The minimum Gasteiger partial charge on any atom is -0.481 e. The number of nitrogen functional groups attached to an aromatic ring is 1.